The number of nitrogens with zero attached hydrogens (tertiary/aromatic N) is 2. The second kappa shape index (κ2) is 11.7. The molecule has 0 heterocycles. The van der Waals surface area contributed by atoms with Crippen molar-refractivity contribution in [3.63, 3.8) is 0 Å². The van der Waals surface area contributed by atoms with Crippen LogP contribution in [0.15, 0.2) is 48.5 Å². The lowest BCUT2D eigenvalue weighted by atomic mass is 10.1. The summed E-state index contributed by atoms with van der Waals surface area (Å²) in [7, 11) is -3.94. The van der Waals surface area contributed by atoms with Crippen LogP contribution in [0.3, 0.4) is 0 Å². The van der Waals surface area contributed by atoms with Gasteiger partial charge in [0.25, 0.3) is 0 Å². The van der Waals surface area contributed by atoms with Crippen LogP contribution in [-0.2, 0) is 26.2 Å². The summed E-state index contributed by atoms with van der Waals surface area (Å²) in [5.41, 5.74) is 0.558. The fraction of sp³-hybridized carbons (Fsp3) is 0.391. The average molecular weight is 482 g/mol. The molecule has 2 aromatic rings. The summed E-state index contributed by atoms with van der Waals surface area (Å²) in [6.45, 7) is 3.29. The maximum Gasteiger partial charge on any atom is 0.244 e. The fourth-order valence-electron chi connectivity index (χ4n) is 3.15. The van der Waals surface area contributed by atoms with Crippen LogP contribution in [0, 0.1) is 11.6 Å². The molecule has 7 nitrogen and oxygen atoms in total. The highest BCUT2D eigenvalue weighted by atomic mass is 32.2. The number of anilines is 1. The highest BCUT2D eigenvalue weighted by Crippen LogP contribution is 2.20. The Morgan fingerprint density at radius 2 is 1.73 bits per heavy atom. The zero-order valence-corrected chi connectivity index (χ0v) is 19.7. The molecule has 2 amide bonds. The number of hydrogen-bond donors (Lipinski definition) is 1. The summed E-state index contributed by atoms with van der Waals surface area (Å²) in [6, 6.07) is 9.41. The second-order valence-corrected chi connectivity index (χ2v) is 9.62. The number of nitrogens with one attached hydrogen (secondary N) is 1. The highest BCUT2D eigenvalue weighted by Gasteiger charge is 2.30. The molecule has 0 aromatic heterocycles. The number of unbranched alkanes of at least 4 members (excludes halogenated alkanes) is 1. The molecule has 0 fully saturated rings. The van der Waals surface area contributed by atoms with Crippen LogP contribution >= 0.6 is 0 Å². The van der Waals surface area contributed by atoms with Gasteiger partial charge in [0.05, 0.1) is 11.9 Å². The van der Waals surface area contributed by atoms with Crippen molar-refractivity contribution in [3.8, 4) is 0 Å². The summed E-state index contributed by atoms with van der Waals surface area (Å²) in [4.78, 5) is 27.2. The van der Waals surface area contributed by atoms with Gasteiger partial charge in [0.2, 0.25) is 21.8 Å². The second-order valence-electron chi connectivity index (χ2n) is 7.72. The van der Waals surface area contributed by atoms with Crippen molar-refractivity contribution in [2.75, 3.05) is 23.7 Å². The fourth-order valence-corrected chi connectivity index (χ4v) is 3.99. The smallest absolute Gasteiger partial charge is 0.244 e. The maximum atomic E-state index is 13.7. The van der Waals surface area contributed by atoms with E-state index in [-0.39, 0.29) is 12.2 Å². The van der Waals surface area contributed by atoms with E-state index < -0.39 is 46.1 Å². The zero-order chi connectivity index (χ0) is 24.6. The SMILES string of the molecule is CCCCNC(=O)[C@@H](C)N(Cc1ccc(F)cc1)C(=O)CN(c1cccc(F)c1)S(C)(=O)=O. The Morgan fingerprint density at radius 1 is 1.06 bits per heavy atom. The minimum atomic E-state index is -3.94. The van der Waals surface area contributed by atoms with E-state index in [1.165, 1.54) is 48.2 Å². The maximum absolute atomic E-state index is 13.7. The first-order chi connectivity index (χ1) is 15.5. The quantitative estimate of drug-likeness (QED) is 0.500. The van der Waals surface area contributed by atoms with Crippen molar-refractivity contribution in [2.45, 2.75) is 39.3 Å². The topological polar surface area (TPSA) is 86.8 Å². The molecule has 0 aliphatic rings. The third-order valence-electron chi connectivity index (χ3n) is 5.04. The molecule has 1 atom stereocenters. The predicted octanol–water partition coefficient (Wildman–Crippen LogP) is 3.06. The Labute approximate surface area is 193 Å². The molecular formula is C23H29F2N3O4S. The van der Waals surface area contributed by atoms with Gasteiger partial charge in [-0.1, -0.05) is 31.5 Å². The van der Waals surface area contributed by atoms with Gasteiger partial charge in [-0.3, -0.25) is 13.9 Å². The zero-order valence-electron chi connectivity index (χ0n) is 18.9. The molecule has 0 saturated carbocycles. The first kappa shape index (κ1) is 26.2. The molecule has 0 spiro atoms. The lowest BCUT2D eigenvalue weighted by Crippen LogP contribution is -2.51. The van der Waals surface area contributed by atoms with Crippen LogP contribution in [-0.4, -0.2) is 50.5 Å². The normalized spacial score (nSPS) is 12.2. The van der Waals surface area contributed by atoms with E-state index in [0.717, 1.165) is 35.5 Å². The molecular weight excluding hydrogens is 452 g/mol. The molecule has 0 radical (unpaired) electrons. The molecule has 180 valence electrons. The van der Waals surface area contributed by atoms with Gasteiger partial charge < -0.3 is 10.2 Å². The Kier molecular flexibility index (Phi) is 9.33. The van der Waals surface area contributed by atoms with Crippen molar-refractivity contribution in [2.24, 2.45) is 0 Å². The van der Waals surface area contributed by atoms with E-state index in [2.05, 4.69) is 5.32 Å². The summed E-state index contributed by atoms with van der Waals surface area (Å²) in [5.74, 6) is -2.15. The van der Waals surface area contributed by atoms with Gasteiger partial charge in [0, 0.05) is 13.1 Å². The van der Waals surface area contributed by atoms with Crippen LogP contribution in [0.5, 0.6) is 0 Å². The van der Waals surface area contributed by atoms with Crippen molar-refractivity contribution >= 4 is 27.5 Å². The minimum absolute atomic E-state index is 0.00682. The summed E-state index contributed by atoms with van der Waals surface area (Å²) >= 11 is 0. The Balaban J connectivity index is 2.33. The monoisotopic (exact) mass is 481 g/mol. The Bertz CT molecular complexity index is 1060. The molecule has 2 rings (SSSR count). The van der Waals surface area contributed by atoms with Crippen LogP contribution in [0.4, 0.5) is 14.5 Å². The standard InChI is InChI=1S/C23H29F2N3O4S/c1-4-5-13-26-23(30)17(2)27(15-18-9-11-19(24)12-10-18)22(29)16-28(33(3,31)32)21-8-6-7-20(25)14-21/h6-12,14,17H,4-5,13,15-16H2,1-3H3,(H,26,30)/t17-/m1/s1. The molecule has 0 unspecified atom stereocenters. The lowest BCUT2D eigenvalue weighted by Gasteiger charge is -2.31. The Hall–Kier alpha value is -3.01. The Morgan fingerprint density at radius 3 is 2.30 bits per heavy atom. The molecule has 0 aliphatic heterocycles. The third-order valence-corrected chi connectivity index (χ3v) is 6.18. The number of hydrogen-bond acceptors (Lipinski definition) is 4. The molecule has 1 N–H and O–H groups in total. The van der Waals surface area contributed by atoms with Gasteiger partial charge >= 0.3 is 0 Å². The van der Waals surface area contributed by atoms with Crippen LogP contribution < -0.4 is 9.62 Å². The van der Waals surface area contributed by atoms with Crippen molar-refractivity contribution in [1.29, 1.82) is 0 Å². The van der Waals surface area contributed by atoms with Gasteiger partial charge in [-0.05, 0) is 49.2 Å². The molecule has 33 heavy (non-hydrogen) atoms. The highest BCUT2D eigenvalue weighted by molar-refractivity contribution is 7.92. The van der Waals surface area contributed by atoms with E-state index in [9.17, 15) is 26.8 Å². The van der Waals surface area contributed by atoms with E-state index in [1.54, 1.807) is 0 Å². The largest absolute Gasteiger partial charge is 0.354 e. The summed E-state index contributed by atoms with van der Waals surface area (Å²) < 4.78 is 52.6. The van der Waals surface area contributed by atoms with Gasteiger partial charge in [-0.25, -0.2) is 17.2 Å². The number of sulfonamides is 1. The van der Waals surface area contributed by atoms with E-state index in [0.29, 0.717) is 12.1 Å². The number of amides is 2. The van der Waals surface area contributed by atoms with Crippen LogP contribution in [0.1, 0.15) is 32.3 Å². The van der Waals surface area contributed by atoms with Gasteiger partial charge in [-0.2, -0.15) is 0 Å². The number of carbonyl (C=O) groups is 2. The number of halogens is 2. The van der Waals surface area contributed by atoms with Gasteiger partial charge in [0.1, 0.15) is 24.2 Å². The van der Waals surface area contributed by atoms with Crippen LogP contribution in [0.25, 0.3) is 0 Å². The summed E-state index contributed by atoms with van der Waals surface area (Å²) in [6.07, 6.45) is 2.56. The predicted molar refractivity (Wildman–Crippen MR) is 123 cm³/mol. The van der Waals surface area contributed by atoms with Crippen molar-refractivity contribution in [3.05, 3.63) is 65.7 Å². The first-order valence-corrected chi connectivity index (χ1v) is 12.4. The van der Waals surface area contributed by atoms with Crippen molar-refractivity contribution in [1.82, 2.24) is 10.2 Å². The van der Waals surface area contributed by atoms with E-state index in [1.807, 2.05) is 6.92 Å². The number of benzene rings is 2. The number of rotatable bonds is 11. The van der Waals surface area contributed by atoms with E-state index in [4.69, 9.17) is 0 Å². The first-order valence-electron chi connectivity index (χ1n) is 10.6. The van der Waals surface area contributed by atoms with Crippen molar-refractivity contribution < 1.29 is 26.8 Å². The minimum Gasteiger partial charge on any atom is -0.354 e. The molecule has 0 aliphatic carbocycles. The molecule has 0 saturated heterocycles. The van der Waals surface area contributed by atoms with Gasteiger partial charge in [0.15, 0.2) is 0 Å². The van der Waals surface area contributed by atoms with E-state index >= 15 is 0 Å². The summed E-state index contributed by atoms with van der Waals surface area (Å²) in [5, 5.41) is 2.76. The number of carbonyl (C=O) groups excluding carboxylic acids is 2. The average Bonchev–Trinajstić information content (AvgIpc) is 2.75. The molecule has 2 aromatic carbocycles. The molecule has 0 bridgehead atoms. The molecule has 10 heteroatoms. The third kappa shape index (κ3) is 7.81. The van der Waals surface area contributed by atoms with Gasteiger partial charge in [-0.15, -0.1) is 0 Å². The lowest BCUT2D eigenvalue weighted by molar-refractivity contribution is -0.139. The van der Waals surface area contributed by atoms with Crippen LogP contribution in [0.2, 0.25) is 0 Å².